The van der Waals surface area contributed by atoms with Gasteiger partial charge in [0.2, 0.25) is 10.0 Å². The molecule has 1 saturated heterocycles. The van der Waals surface area contributed by atoms with Crippen molar-refractivity contribution >= 4 is 33.4 Å². The summed E-state index contributed by atoms with van der Waals surface area (Å²) in [6, 6.07) is 7.29. The number of fused-ring (bicyclic) bond motifs is 1. The molecule has 0 spiro atoms. The number of hydrogen-bond acceptors (Lipinski definition) is 5. The van der Waals surface area contributed by atoms with E-state index in [0.29, 0.717) is 23.7 Å². The third-order valence-electron chi connectivity index (χ3n) is 4.05. The zero-order chi connectivity index (χ0) is 15.4. The van der Waals surface area contributed by atoms with Gasteiger partial charge in [-0.05, 0) is 50.4 Å². The van der Waals surface area contributed by atoms with Gasteiger partial charge in [-0.1, -0.05) is 17.3 Å². The average molecular weight is 360 g/mol. The van der Waals surface area contributed by atoms with Gasteiger partial charge in [0.05, 0.1) is 0 Å². The number of para-hydroxylation sites is 1. The molecule has 1 aromatic heterocycles. The molecule has 128 valence electrons. The van der Waals surface area contributed by atoms with Gasteiger partial charge in [0.1, 0.15) is 11.4 Å². The number of hydrogen-bond donors (Lipinski definition) is 2. The zero-order valence-corrected chi connectivity index (χ0v) is 14.5. The molecule has 0 bridgehead atoms. The number of nitrogens with one attached hydrogen (secondary N) is 2. The first-order valence-electron chi connectivity index (χ1n) is 7.65. The summed E-state index contributed by atoms with van der Waals surface area (Å²) in [5.74, 6) is 0.414. The molecule has 1 aliphatic rings. The van der Waals surface area contributed by atoms with Gasteiger partial charge in [-0.2, -0.15) is 0 Å². The second-order valence-electron chi connectivity index (χ2n) is 5.78. The fourth-order valence-corrected chi connectivity index (χ4v) is 3.96. The maximum absolute atomic E-state index is 12.2. The van der Waals surface area contributed by atoms with E-state index in [1.807, 2.05) is 18.2 Å². The van der Waals surface area contributed by atoms with E-state index >= 15 is 0 Å². The third-order valence-corrected chi connectivity index (χ3v) is 5.35. The molecular weight excluding hydrogens is 338 g/mol. The number of rotatable bonds is 6. The normalized spacial score (nSPS) is 18.7. The van der Waals surface area contributed by atoms with Crippen molar-refractivity contribution in [2.45, 2.75) is 25.0 Å². The molecule has 1 fully saturated rings. The number of piperidine rings is 1. The van der Waals surface area contributed by atoms with Crippen LogP contribution in [0.2, 0.25) is 0 Å². The van der Waals surface area contributed by atoms with Crippen LogP contribution in [0.1, 0.15) is 25.0 Å². The first kappa shape index (κ1) is 18.2. The van der Waals surface area contributed by atoms with E-state index in [4.69, 9.17) is 4.52 Å². The van der Waals surface area contributed by atoms with Crippen LogP contribution in [0.5, 0.6) is 0 Å². The molecular formula is C15H22ClN3O3S. The van der Waals surface area contributed by atoms with Crippen molar-refractivity contribution in [2.75, 3.05) is 19.6 Å². The number of benzene rings is 1. The zero-order valence-electron chi connectivity index (χ0n) is 12.8. The molecule has 1 unspecified atom stereocenters. The molecule has 6 nitrogen and oxygen atoms in total. The first-order valence-corrected chi connectivity index (χ1v) is 9.31. The molecule has 8 heteroatoms. The predicted octanol–water partition coefficient (Wildman–Crippen LogP) is 2.06. The van der Waals surface area contributed by atoms with E-state index < -0.39 is 10.0 Å². The standard InChI is InChI=1S/C15H21N3O3S.ClH/c19-22(20,17-9-7-12-4-3-8-16-10-12)11-14-13-5-1-2-6-15(13)21-18-14;/h1-2,5-6,12,16-17H,3-4,7-11H2;1H. The van der Waals surface area contributed by atoms with Gasteiger partial charge in [-0.3, -0.25) is 0 Å². The van der Waals surface area contributed by atoms with Crippen LogP contribution >= 0.6 is 12.4 Å². The number of nitrogens with zero attached hydrogens (tertiary/aromatic N) is 1. The lowest BCUT2D eigenvalue weighted by Gasteiger charge is -2.22. The molecule has 0 saturated carbocycles. The highest BCUT2D eigenvalue weighted by molar-refractivity contribution is 7.88. The Hall–Kier alpha value is -1.15. The Bertz CT molecular complexity index is 726. The van der Waals surface area contributed by atoms with Gasteiger partial charge in [-0.15, -0.1) is 12.4 Å². The molecule has 2 aromatic rings. The minimum Gasteiger partial charge on any atom is -0.356 e. The molecule has 2 N–H and O–H groups in total. The lowest BCUT2D eigenvalue weighted by molar-refractivity contribution is 0.358. The Kier molecular flexibility index (Phi) is 6.41. The van der Waals surface area contributed by atoms with Gasteiger partial charge in [0.15, 0.2) is 5.58 Å². The summed E-state index contributed by atoms with van der Waals surface area (Å²) < 4.78 is 32.2. The first-order chi connectivity index (χ1) is 10.6. The monoisotopic (exact) mass is 359 g/mol. The maximum atomic E-state index is 12.2. The van der Waals surface area contributed by atoms with Crippen LogP contribution in [-0.4, -0.2) is 33.2 Å². The highest BCUT2D eigenvalue weighted by atomic mass is 35.5. The smallest absolute Gasteiger partial charge is 0.217 e. The van der Waals surface area contributed by atoms with Crippen molar-refractivity contribution in [1.82, 2.24) is 15.2 Å². The summed E-state index contributed by atoms with van der Waals surface area (Å²) in [6.07, 6.45) is 3.21. The molecule has 0 amide bonds. The Balaban J connectivity index is 0.00000192. The van der Waals surface area contributed by atoms with Gasteiger partial charge in [-0.25, -0.2) is 13.1 Å². The SMILES string of the molecule is Cl.O=S(=O)(Cc1noc2ccccc12)NCCC1CCCNC1. The molecule has 0 aliphatic carbocycles. The minimum atomic E-state index is -3.39. The van der Waals surface area contributed by atoms with E-state index in [1.54, 1.807) is 6.07 Å². The number of sulfonamides is 1. The van der Waals surface area contributed by atoms with E-state index in [1.165, 1.54) is 12.8 Å². The maximum Gasteiger partial charge on any atom is 0.217 e. The van der Waals surface area contributed by atoms with Crippen LogP contribution in [0.3, 0.4) is 0 Å². The topological polar surface area (TPSA) is 84.2 Å². The summed E-state index contributed by atoms with van der Waals surface area (Å²) >= 11 is 0. The van der Waals surface area contributed by atoms with E-state index in [2.05, 4.69) is 15.2 Å². The van der Waals surface area contributed by atoms with Crippen molar-refractivity contribution in [3.8, 4) is 0 Å². The molecule has 1 aromatic carbocycles. The van der Waals surface area contributed by atoms with Crippen molar-refractivity contribution in [2.24, 2.45) is 5.92 Å². The number of halogens is 1. The van der Waals surface area contributed by atoms with Gasteiger partial charge in [0.25, 0.3) is 0 Å². The van der Waals surface area contributed by atoms with Crippen molar-refractivity contribution in [3.05, 3.63) is 30.0 Å². The second kappa shape index (κ2) is 8.10. The van der Waals surface area contributed by atoms with Crippen LogP contribution in [0, 0.1) is 5.92 Å². The summed E-state index contributed by atoms with van der Waals surface area (Å²) in [5, 5.41) is 7.97. The summed E-state index contributed by atoms with van der Waals surface area (Å²) in [5.41, 5.74) is 1.07. The molecule has 3 rings (SSSR count). The van der Waals surface area contributed by atoms with E-state index in [-0.39, 0.29) is 18.2 Å². The third kappa shape index (κ3) is 4.91. The summed E-state index contributed by atoms with van der Waals surface area (Å²) in [6.45, 7) is 2.53. The van der Waals surface area contributed by atoms with Gasteiger partial charge >= 0.3 is 0 Å². The molecule has 2 heterocycles. The van der Waals surface area contributed by atoms with Crippen LogP contribution in [0.15, 0.2) is 28.8 Å². The quantitative estimate of drug-likeness (QED) is 0.824. The highest BCUT2D eigenvalue weighted by Crippen LogP contribution is 2.19. The Labute approximate surface area is 142 Å². The predicted molar refractivity (Wildman–Crippen MR) is 92.1 cm³/mol. The Morgan fingerprint density at radius 1 is 1.35 bits per heavy atom. The summed E-state index contributed by atoms with van der Waals surface area (Å²) in [4.78, 5) is 0. The number of aromatic nitrogens is 1. The Morgan fingerprint density at radius 3 is 2.96 bits per heavy atom. The average Bonchev–Trinajstić information content (AvgIpc) is 2.91. The largest absolute Gasteiger partial charge is 0.356 e. The molecule has 23 heavy (non-hydrogen) atoms. The lowest BCUT2D eigenvalue weighted by Crippen LogP contribution is -2.33. The second-order valence-corrected chi connectivity index (χ2v) is 7.59. The van der Waals surface area contributed by atoms with Crippen LogP contribution in [-0.2, 0) is 15.8 Å². The summed E-state index contributed by atoms with van der Waals surface area (Å²) in [7, 11) is -3.39. The minimum absolute atomic E-state index is 0. The molecule has 0 radical (unpaired) electrons. The van der Waals surface area contributed by atoms with Gasteiger partial charge < -0.3 is 9.84 Å². The van der Waals surface area contributed by atoms with E-state index in [0.717, 1.165) is 24.9 Å². The molecule has 1 atom stereocenters. The fourth-order valence-electron chi connectivity index (χ4n) is 2.86. The van der Waals surface area contributed by atoms with Crippen LogP contribution in [0.25, 0.3) is 11.0 Å². The molecule has 1 aliphatic heterocycles. The Morgan fingerprint density at radius 2 is 2.17 bits per heavy atom. The van der Waals surface area contributed by atoms with E-state index in [9.17, 15) is 8.42 Å². The van der Waals surface area contributed by atoms with Crippen LogP contribution < -0.4 is 10.0 Å². The fraction of sp³-hybridized carbons (Fsp3) is 0.533. The lowest BCUT2D eigenvalue weighted by atomic mass is 9.96. The van der Waals surface area contributed by atoms with Gasteiger partial charge in [0, 0.05) is 11.9 Å². The van der Waals surface area contributed by atoms with Crippen molar-refractivity contribution in [3.63, 3.8) is 0 Å². The highest BCUT2D eigenvalue weighted by Gasteiger charge is 2.18. The van der Waals surface area contributed by atoms with Crippen LogP contribution in [0.4, 0.5) is 0 Å². The van der Waals surface area contributed by atoms with Crippen molar-refractivity contribution < 1.29 is 12.9 Å². The van der Waals surface area contributed by atoms with Crippen molar-refractivity contribution in [1.29, 1.82) is 0 Å².